The van der Waals surface area contributed by atoms with Crippen molar-refractivity contribution >= 4 is 12.0 Å². The van der Waals surface area contributed by atoms with Crippen LogP contribution in [0.4, 0.5) is 4.79 Å². The minimum atomic E-state index is -1.33. The van der Waals surface area contributed by atoms with Crippen molar-refractivity contribution in [3.8, 4) is 11.5 Å². The lowest BCUT2D eigenvalue weighted by Gasteiger charge is -2.42. The van der Waals surface area contributed by atoms with Crippen LogP contribution in [-0.4, -0.2) is 69.9 Å². The van der Waals surface area contributed by atoms with Crippen LogP contribution in [0.15, 0.2) is 18.2 Å². The van der Waals surface area contributed by atoms with E-state index in [1.54, 1.807) is 43.9 Å². The average Bonchev–Trinajstić information content (AvgIpc) is 3.18. The van der Waals surface area contributed by atoms with E-state index in [2.05, 4.69) is 0 Å². The van der Waals surface area contributed by atoms with E-state index in [0.717, 1.165) is 17.7 Å². The fourth-order valence-corrected chi connectivity index (χ4v) is 3.76. The first-order valence-corrected chi connectivity index (χ1v) is 9.59. The van der Waals surface area contributed by atoms with E-state index in [4.69, 9.17) is 9.47 Å². The lowest BCUT2D eigenvalue weighted by Crippen LogP contribution is -2.59. The van der Waals surface area contributed by atoms with Gasteiger partial charge in [0.25, 0.3) is 0 Å². The monoisotopic (exact) mass is 392 g/mol. The van der Waals surface area contributed by atoms with Gasteiger partial charge in [0.05, 0.1) is 0 Å². The van der Waals surface area contributed by atoms with Gasteiger partial charge in [-0.25, -0.2) is 4.79 Å². The number of fused-ring (bicyclic) bond motifs is 1. The topological polar surface area (TPSA) is 99.5 Å². The van der Waals surface area contributed by atoms with Crippen LogP contribution in [0, 0.1) is 0 Å². The highest BCUT2D eigenvalue weighted by molar-refractivity contribution is 5.87. The van der Waals surface area contributed by atoms with Gasteiger partial charge in [-0.1, -0.05) is 6.07 Å². The number of likely N-dealkylation sites (tertiary alicyclic amines) is 1. The summed E-state index contributed by atoms with van der Waals surface area (Å²) in [5, 5.41) is 21.0. The minimum Gasteiger partial charge on any atom is -0.486 e. The summed E-state index contributed by atoms with van der Waals surface area (Å²) < 4.78 is 11.1. The second-order valence-electron chi connectivity index (χ2n) is 8.15. The molecule has 1 aromatic carbocycles. The molecule has 2 atom stereocenters. The molecule has 0 radical (unpaired) electrons. The van der Waals surface area contributed by atoms with E-state index >= 15 is 0 Å². The zero-order valence-corrected chi connectivity index (χ0v) is 16.6. The number of nitrogens with zero attached hydrogens (tertiary/aromatic N) is 2. The van der Waals surface area contributed by atoms with Crippen molar-refractivity contribution in [2.24, 2.45) is 0 Å². The van der Waals surface area contributed by atoms with Crippen LogP contribution >= 0.6 is 0 Å². The number of rotatable bonds is 4. The second-order valence-corrected chi connectivity index (χ2v) is 8.15. The van der Waals surface area contributed by atoms with Crippen LogP contribution < -0.4 is 9.47 Å². The van der Waals surface area contributed by atoms with Gasteiger partial charge in [0.1, 0.15) is 25.4 Å². The van der Waals surface area contributed by atoms with Crippen LogP contribution in [0.1, 0.15) is 45.3 Å². The van der Waals surface area contributed by atoms with E-state index in [9.17, 15) is 19.8 Å². The first-order valence-electron chi connectivity index (χ1n) is 9.59. The fraction of sp³-hybridized carbons (Fsp3) is 0.600. The van der Waals surface area contributed by atoms with Crippen molar-refractivity contribution in [3.05, 3.63) is 23.8 Å². The standard InChI is InChI=1S/C20H28N2O6/c1-20(2,3)22(19(25)26)16(18(24)21-8-4-5-9-21)17(23)13-6-7-14-15(12-13)28-11-10-27-14/h6-7,12,16-17,23H,4-5,8-11H2,1-3H3,(H,25,26)/t16-,17+/m0/s1. The molecule has 3 rings (SSSR count). The Morgan fingerprint density at radius 2 is 1.71 bits per heavy atom. The summed E-state index contributed by atoms with van der Waals surface area (Å²) in [6.45, 7) is 7.11. The molecule has 2 N–H and O–H groups in total. The van der Waals surface area contributed by atoms with Crippen molar-refractivity contribution in [1.29, 1.82) is 0 Å². The second kappa shape index (κ2) is 7.87. The van der Waals surface area contributed by atoms with Gasteiger partial charge in [0, 0.05) is 18.6 Å². The van der Waals surface area contributed by atoms with Gasteiger partial charge >= 0.3 is 6.09 Å². The molecule has 2 aliphatic rings. The lowest BCUT2D eigenvalue weighted by molar-refractivity contribution is -0.142. The van der Waals surface area contributed by atoms with Crippen molar-refractivity contribution < 1.29 is 29.3 Å². The third-order valence-electron chi connectivity index (χ3n) is 5.08. The van der Waals surface area contributed by atoms with Crippen LogP contribution in [-0.2, 0) is 4.79 Å². The summed E-state index contributed by atoms with van der Waals surface area (Å²) >= 11 is 0. The van der Waals surface area contributed by atoms with Gasteiger partial charge in [-0.2, -0.15) is 0 Å². The number of aliphatic hydroxyl groups is 1. The predicted octanol–water partition coefficient (Wildman–Crippen LogP) is 2.26. The largest absolute Gasteiger partial charge is 0.486 e. The van der Waals surface area contributed by atoms with Crippen molar-refractivity contribution in [2.45, 2.75) is 51.3 Å². The molecule has 2 aliphatic heterocycles. The number of carboxylic acid groups (broad SMARTS) is 1. The summed E-state index contributed by atoms with van der Waals surface area (Å²) in [7, 11) is 0. The molecule has 8 nitrogen and oxygen atoms in total. The molecule has 0 aromatic heterocycles. The normalized spacial score (nSPS) is 18.5. The summed E-state index contributed by atoms with van der Waals surface area (Å²) in [5.41, 5.74) is -0.460. The van der Waals surface area contributed by atoms with Crippen LogP contribution in [0.3, 0.4) is 0 Å². The Kier molecular flexibility index (Phi) is 5.69. The Morgan fingerprint density at radius 3 is 2.29 bits per heavy atom. The SMILES string of the molecule is CC(C)(C)N(C(=O)O)[C@H](C(=O)N1CCCC1)[C@H](O)c1ccc2c(c1)OCCO2. The van der Waals surface area contributed by atoms with Gasteiger partial charge in [-0.3, -0.25) is 9.69 Å². The lowest BCUT2D eigenvalue weighted by atomic mass is 9.94. The number of benzene rings is 1. The van der Waals surface area contributed by atoms with Crippen molar-refractivity contribution in [2.75, 3.05) is 26.3 Å². The average molecular weight is 392 g/mol. The molecule has 1 saturated heterocycles. The summed E-state index contributed by atoms with van der Waals surface area (Å²) in [4.78, 5) is 28.0. The minimum absolute atomic E-state index is 0.378. The molecule has 0 unspecified atom stereocenters. The quantitative estimate of drug-likeness (QED) is 0.815. The van der Waals surface area contributed by atoms with Gasteiger partial charge in [-0.05, 0) is 51.3 Å². The molecule has 2 amide bonds. The number of hydrogen-bond acceptors (Lipinski definition) is 5. The Hall–Kier alpha value is -2.48. The first-order chi connectivity index (χ1) is 13.2. The van der Waals surface area contributed by atoms with E-state index in [1.165, 1.54) is 0 Å². The maximum atomic E-state index is 13.2. The van der Waals surface area contributed by atoms with Gasteiger partial charge in [0.2, 0.25) is 5.91 Å². The maximum Gasteiger partial charge on any atom is 0.408 e. The summed E-state index contributed by atoms with van der Waals surface area (Å²) in [5.74, 6) is 0.667. The third-order valence-corrected chi connectivity index (χ3v) is 5.08. The molecule has 0 spiro atoms. The molecular formula is C20H28N2O6. The number of carbonyl (C=O) groups excluding carboxylic acids is 1. The Bertz CT molecular complexity index is 739. The van der Waals surface area contributed by atoms with Gasteiger partial charge in [-0.15, -0.1) is 0 Å². The Morgan fingerprint density at radius 1 is 1.11 bits per heavy atom. The van der Waals surface area contributed by atoms with Gasteiger partial charge in [0.15, 0.2) is 11.5 Å². The van der Waals surface area contributed by atoms with Crippen molar-refractivity contribution in [3.63, 3.8) is 0 Å². The Labute approximate surface area is 164 Å². The number of aliphatic hydroxyl groups excluding tert-OH is 1. The summed E-state index contributed by atoms with van der Waals surface area (Å²) in [6, 6.07) is 3.68. The van der Waals surface area contributed by atoms with Gasteiger partial charge < -0.3 is 24.6 Å². The molecule has 0 aliphatic carbocycles. The predicted molar refractivity (Wildman–Crippen MR) is 102 cm³/mol. The van der Waals surface area contributed by atoms with E-state index < -0.39 is 23.8 Å². The molecule has 154 valence electrons. The molecule has 8 heteroatoms. The smallest absolute Gasteiger partial charge is 0.408 e. The Balaban J connectivity index is 1.99. The number of amides is 2. The zero-order chi connectivity index (χ0) is 20.5. The molecule has 2 heterocycles. The highest BCUT2D eigenvalue weighted by atomic mass is 16.6. The highest BCUT2D eigenvalue weighted by Gasteiger charge is 2.44. The molecular weight excluding hydrogens is 364 g/mol. The molecule has 0 bridgehead atoms. The highest BCUT2D eigenvalue weighted by Crippen LogP contribution is 2.36. The maximum absolute atomic E-state index is 13.2. The van der Waals surface area contributed by atoms with E-state index in [-0.39, 0.29) is 5.91 Å². The van der Waals surface area contributed by atoms with E-state index in [1.807, 2.05) is 0 Å². The first kappa shape index (κ1) is 20.3. The van der Waals surface area contributed by atoms with Crippen LogP contribution in [0.5, 0.6) is 11.5 Å². The molecule has 28 heavy (non-hydrogen) atoms. The fourth-order valence-electron chi connectivity index (χ4n) is 3.76. The van der Waals surface area contributed by atoms with Crippen LogP contribution in [0.25, 0.3) is 0 Å². The molecule has 1 aromatic rings. The third kappa shape index (κ3) is 4.01. The van der Waals surface area contributed by atoms with Crippen LogP contribution in [0.2, 0.25) is 0 Å². The zero-order valence-electron chi connectivity index (χ0n) is 16.6. The van der Waals surface area contributed by atoms with E-state index in [0.29, 0.717) is 43.4 Å². The molecule has 0 saturated carbocycles. The number of hydrogen-bond donors (Lipinski definition) is 2. The number of ether oxygens (including phenoxy) is 2. The summed E-state index contributed by atoms with van der Waals surface area (Å²) in [6.07, 6.45) is -0.830. The van der Waals surface area contributed by atoms with Crippen molar-refractivity contribution in [1.82, 2.24) is 9.80 Å². The number of carbonyl (C=O) groups is 2. The molecule has 1 fully saturated rings.